The third kappa shape index (κ3) is 57.6. The Labute approximate surface area is 440 Å². The van der Waals surface area contributed by atoms with Gasteiger partial charge < -0.3 is 14.2 Å². The van der Waals surface area contributed by atoms with Gasteiger partial charge in [0.25, 0.3) is 0 Å². The van der Waals surface area contributed by atoms with Gasteiger partial charge in [-0.05, 0) is 70.6 Å². The van der Waals surface area contributed by atoms with Crippen LogP contribution in [0.4, 0.5) is 0 Å². The fourth-order valence-corrected chi connectivity index (χ4v) is 8.68. The molecule has 71 heavy (non-hydrogen) atoms. The first-order valence-electron chi connectivity index (χ1n) is 30.4. The Balaban J connectivity index is 4.29. The molecule has 0 aliphatic carbocycles. The molecule has 0 fully saturated rings. The summed E-state index contributed by atoms with van der Waals surface area (Å²) in [5.41, 5.74) is 0. The van der Waals surface area contributed by atoms with Crippen LogP contribution in [-0.4, -0.2) is 37.2 Å². The number of hydrogen-bond acceptors (Lipinski definition) is 6. The number of carbonyl (C=O) groups is 3. The van der Waals surface area contributed by atoms with Crippen molar-refractivity contribution in [3.8, 4) is 0 Å². The molecule has 0 spiro atoms. The number of unbranched alkanes of at least 4 members (excludes halogenated alkanes) is 32. The molecule has 410 valence electrons. The molecule has 1 atom stereocenters. The summed E-state index contributed by atoms with van der Waals surface area (Å²) in [7, 11) is 0. The predicted molar refractivity (Wildman–Crippen MR) is 307 cm³/mol. The SMILES string of the molecule is CC/C=C\C/C=C\C/C=C\C/C=C\C/C=C\C/C=C\CCCCCCCCC(=O)OCC(COC(=O)CCCCCCCCCCCC)OC(=O)CCCCCCCCCCCCCCCCCCCC. The van der Waals surface area contributed by atoms with Crippen LogP contribution in [-0.2, 0) is 28.6 Å². The number of ether oxygens (including phenoxy) is 3. The lowest BCUT2D eigenvalue weighted by molar-refractivity contribution is -0.167. The van der Waals surface area contributed by atoms with E-state index in [0.717, 1.165) is 103 Å². The van der Waals surface area contributed by atoms with Gasteiger partial charge in [-0.3, -0.25) is 14.4 Å². The van der Waals surface area contributed by atoms with Crippen LogP contribution < -0.4 is 0 Å². The number of esters is 3. The van der Waals surface area contributed by atoms with Gasteiger partial charge in [-0.15, -0.1) is 0 Å². The first kappa shape index (κ1) is 67.8. The second kappa shape index (κ2) is 59.4. The lowest BCUT2D eigenvalue weighted by atomic mass is 10.0. The molecule has 0 aromatic rings. The van der Waals surface area contributed by atoms with Crippen LogP contribution in [0.5, 0.6) is 0 Å². The Morgan fingerprint density at radius 3 is 0.859 bits per heavy atom. The maximum absolute atomic E-state index is 12.9. The van der Waals surface area contributed by atoms with Gasteiger partial charge >= 0.3 is 17.9 Å². The van der Waals surface area contributed by atoms with E-state index >= 15 is 0 Å². The third-order valence-corrected chi connectivity index (χ3v) is 13.2. The summed E-state index contributed by atoms with van der Waals surface area (Å²) in [5.74, 6) is -0.879. The van der Waals surface area contributed by atoms with E-state index in [-0.39, 0.29) is 31.1 Å². The van der Waals surface area contributed by atoms with E-state index in [1.54, 1.807) is 0 Å². The van der Waals surface area contributed by atoms with Crippen LogP contribution in [0.25, 0.3) is 0 Å². The van der Waals surface area contributed by atoms with Gasteiger partial charge in [0.15, 0.2) is 6.10 Å². The molecule has 6 heteroatoms. The molecular formula is C65H114O6. The molecule has 0 aromatic carbocycles. The average molecular weight is 992 g/mol. The number of hydrogen-bond donors (Lipinski definition) is 0. The van der Waals surface area contributed by atoms with Gasteiger partial charge in [0.05, 0.1) is 0 Å². The molecule has 0 saturated carbocycles. The van der Waals surface area contributed by atoms with Crippen molar-refractivity contribution in [1.29, 1.82) is 0 Å². The maximum Gasteiger partial charge on any atom is 0.306 e. The Bertz CT molecular complexity index is 1320. The van der Waals surface area contributed by atoms with Crippen LogP contribution in [0.15, 0.2) is 72.9 Å². The lowest BCUT2D eigenvalue weighted by Gasteiger charge is -2.18. The molecule has 0 radical (unpaired) electrons. The fourth-order valence-electron chi connectivity index (χ4n) is 8.68. The third-order valence-electron chi connectivity index (χ3n) is 13.2. The van der Waals surface area contributed by atoms with Crippen molar-refractivity contribution >= 4 is 17.9 Å². The zero-order chi connectivity index (χ0) is 51.4. The van der Waals surface area contributed by atoms with Crippen molar-refractivity contribution in [3.05, 3.63) is 72.9 Å². The molecule has 0 aliphatic rings. The van der Waals surface area contributed by atoms with Crippen molar-refractivity contribution in [2.75, 3.05) is 13.2 Å². The second-order valence-electron chi connectivity index (χ2n) is 20.2. The van der Waals surface area contributed by atoms with Crippen molar-refractivity contribution in [3.63, 3.8) is 0 Å². The van der Waals surface area contributed by atoms with Crippen molar-refractivity contribution in [2.24, 2.45) is 0 Å². The zero-order valence-corrected chi connectivity index (χ0v) is 47.0. The van der Waals surface area contributed by atoms with Crippen molar-refractivity contribution < 1.29 is 28.6 Å². The van der Waals surface area contributed by atoms with Gasteiger partial charge in [0, 0.05) is 19.3 Å². The van der Waals surface area contributed by atoms with Gasteiger partial charge in [0.1, 0.15) is 13.2 Å². The van der Waals surface area contributed by atoms with Crippen LogP contribution in [0, 0.1) is 0 Å². The van der Waals surface area contributed by atoms with Gasteiger partial charge in [-0.1, -0.05) is 286 Å². The molecule has 0 saturated heterocycles. The van der Waals surface area contributed by atoms with Gasteiger partial charge in [0.2, 0.25) is 0 Å². The summed E-state index contributed by atoms with van der Waals surface area (Å²) in [6.45, 7) is 6.54. The molecule has 0 aliphatic heterocycles. The summed E-state index contributed by atoms with van der Waals surface area (Å²) < 4.78 is 16.9. The summed E-state index contributed by atoms with van der Waals surface area (Å²) in [5, 5.41) is 0. The maximum atomic E-state index is 12.9. The molecule has 6 nitrogen and oxygen atoms in total. The second-order valence-corrected chi connectivity index (χ2v) is 20.2. The molecule has 0 bridgehead atoms. The minimum atomic E-state index is -0.778. The van der Waals surface area contributed by atoms with Crippen LogP contribution in [0.3, 0.4) is 0 Å². The number of carbonyl (C=O) groups excluding carboxylic acids is 3. The topological polar surface area (TPSA) is 78.9 Å². The molecule has 0 rings (SSSR count). The Morgan fingerprint density at radius 2 is 0.549 bits per heavy atom. The summed E-state index contributed by atoms with van der Waals surface area (Å²) in [4.78, 5) is 38.2. The predicted octanol–water partition coefficient (Wildman–Crippen LogP) is 20.5. The van der Waals surface area contributed by atoms with Crippen molar-refractivity contribution in [1.82, 2.24) is 0 Å². The minimum absolute atomic E-state index is 0.0761. The quantitative estimate of drug-likeness (QED) is 0.0261. The van der Waals surface area contributed by atoms with Crippen molar-refractivity contribution in [2.45, 2.75) is 309 Å². The summed E-state index contributed by atoms with van der Waals surface area (Å²) in [6, 6.07) is 0. The van der Waals surface area contributed by atoms with E-state index in [0.29, 0.717) is 19.3 Å². The van der Waals surface area contributed by atoms with E-state index in [1.807, 2.05) is 0 Å². The average Bonchev–Trinajstić information content (AvgIpc) is 3.37. The smallest absolute Gasteiger partial charge is 0.306 e. The highest BCUT2D eigenvalue weighted by atomic mass is 16.6. The van der Waals surface area contributed by atoms with E-state index in [1.165, 1.54) is 161 Å². The summed E-state index contributed by atoms with van der Waals surface area (Å²) in [6.07, 6.45) is 76.2. The Kier molecular flexibility index (Phi) is 56.8. The first-order valence-corrected chi connectivity index (χ1v) is 30.4. The standard InChI is InChI=1S/C65H114O6/c1-4-7-10-13-16-19-22-24-26-28-30-31-32-33-34-35-36-38-39-41-43-46-49-52-55-58-64(67)70-61-62(60-69-63(66)57-54-51-48-45-21-18-15-12-9-6-3)71-65(68)59-56-53-50-47-44-42-40-37-29-27-25-23-20-17-14-11-8-5-2/h7,10,16,19,24,26,30-31,33-34,36,38,62H,4-6,8-9,11-15,17-18,20-23,25,27-29,32,35,37,39-61H2,1-3H3/b10-7-,19-16-,26-24-,31-30-,34-33-,38-36-. The molecule has 0 aromatic heterocycles. The molecule has 0 amide bonds. The lowest BCUT2D eigenvalue weighted by Crippen LogP contribution is -2.30. The van der Waals surface area contributed by atoms with Gasteiger partial charge in [-0.2, -0.15) is 0 Å². The molecule has 1 unspecified atom stereocenters. The Morgan fingerprint density at radius 1 is 0.296 bits per heavy atom. The monoisotopic (exact) mass is 991 g/mol. The summed E-state index contributed by atoms with van der Waals surface area (Å²) >= 11 is 0. The zero-order valence-electron chi connectivity index (χ0n) is 47.0. The normalized spacial score (nSPS) is 12.5. The number of allylic oxidation sites excluding steroid dienone is 12. The number of rotatable bonds is 55. The van der Waals surface area contributed by atoms with E-state index in [4.69, 9.17) is 14.2 Å². The van der Waals surface area contributed by atoms with E-state index < -0.39 is 6.10 Å². The van der Waals surface area contributed by atoms with E-state index in [2.05, 4.69) is 93.7 Å². The fraction of sp³-hybridized carbons (Fsp3) is 0.769. The van der Waals surface area contributed by atoms with E-state index in [9.17, 15) is 14.4 Å². The Hall–Kier alpha value is -3.15. The van der Waals surface area contributed by atoms with Crippen LogP contribution >= 0.6 is 0 Å². The molecule has 0 N–H and O–H groups in total. The highest BCUT2D eigenvalue weighted by Gasteiger charge is 2.19. The minimum Gasteiger partial charge on any atom is -0.462 e. The highest BCUT2D eigenvalue weighted by Crippen LogP contribution is 2.17. The van der Waals surface area contributed by atoms with Crippen LogP contribution in [0.1, 0.15) is 303 Å². The highest BCUT2D eigenvalue weighted by molar-refractivity contribution is 5.71. The first-order chi connectivity index (χ1) is 35.0. The molecular weight excluding hydrogens is 877 g/mol. The largest absolute Gasteiger partial charge is 0.462 e. The van der Waals surface area contributed by atoms with Gasteiger partial charge in [-0.25, -0.2) is 0 Å². The molecule has 0 heterocycles. The van der Waals surface area contributed by atoms with Crippen LogP contribution in [0.2, 0.25) is 0 Å².